The first-order valence-corrected chi connectivity index (χ1v) is 7.09. The Morgan fingerprint density at radius 2 is 1.78 bits per heavy atom. The lowest BCUT2D eigenvalue weighted by atomic mass is 10.1. The molecule has 0 aliphatic heterocycles. The summed E-state index contributed by atoms with van der Waals surface area (Å²) in [6.07, 6.45) is 2.06. The first-order valence-electron chi connectivity index (χ1n) is 5.55. The monoisotopic (exact) mass is 274 g/mol. The molecular formula is C12H12F2O3S. The molecule has 0 spiro atoms. The van der Waals surface area contributed by atoms with Crippen molar-refractivity contribution in [1.82, 2.24) is 0 Å². The molecule has 0 amide bonds. The second-order valence-corrected chi connectivity index (χ2v) is 6.28. The van der Waals surface area contributed by atoms with Crippen LogP contribution in [0.1, 0.15) is 18.4 Å². The van der Waals surface area contributed by atoms with Crippen molar-refractivity contribution >= 4 is 15.6 Å². The van der Waals surface area contributed by atoms with Crippen molar-refractivity contribution in [2.24, 2.45) is 5.92 Å². The Bertz CT molecular complexity index is 545. The van der Waals surface area contributed by atoms with Crippen molar-refractivity contribution < 1.29 is 22.0 Å². The van der Waals surface area contributed by atoms with Gasteiger partial charge in [-0.25, -0.2) is 8.42 Å². The Morgan fingerprint density at radius 1 is 1.22 bits per heavy atom. The molecule has 1 aliphatic carbocycles. The summed E-state index contributed by atoms with van der Waals surface area (Å²) in [5.41, 5.74) is 0.653. The van der Waals surface area contributed by atoms with Crippen LogP contribution >= 0.6 is 0 Å². The number of rotatable bonds is 5. The van der Waals surface area contributed by atoms with E-state index >= 15 is 0 Å². The third kappa shape index (κ3) is 2.75. The van der Waals surface area contributed by atoms with Gasteiger partial charge in [0, 0.05) is 12.3 Å². The molecule has 1 aliphatic rings. The van der Waals surface area contributed by atoms with E-state index in [1.54, 1.807) is 0 Å². The highest BCUT2D eigenvalue weighted by Gasteiger charge is 2.29. The summed E-state index contributed by atoms with van der Waals surface area (Å²) in [6.45, 7) is 0. The lowest BCUT2D eigenvalue weighted by Crippen LogP contribution is -2.11. The van der Waals surface area contributed by atoms with Crippen LogP contribution < -0.4 is 0 Å². The smallest absolute Gasteiger partial charge is 0.299 e. The van der Waals surface area contributed by atoms with Crippen molar-refractivity contribution in [3.63, 3.8) is 0 Å². The maximum absolute atomic E-state index is 12.3. The number of ketones is 1. The molecule has 3 nitrogen and oxygen atoms in total. The van der Waals surface area contributed by atoms with Gasteiger partial charge in [0.05, 0.1) is 4.90 Å². The van der Waals surface area contributed by atoms with E-state index in [-0.39, 0.29) is 18.1 Å². The van der Waals surface area contributed by atoms with Crippen LogP contribution in [0.2, 0.25) is 0 Å². The molecular weight excluding hydrogens is 262 g/mol. The normalized spacial score (nSPS) is 15.9. The van der Waals surface area contributed by atoms with Gasteiger partial charge in [0.15, 0.2) is 0 Å². The van der Waals surface area contributed by atoms with Gasteiger partial charge >= 0.3 is 5.76 Å². The molecule has 6 heteroatoms. The third-order valence-corrected chi connectivity index (χ3v) is 4.30. The summed E-state index contributed by atoms with van der Waals surface area (Å²) in [5.74, 6) is -3.16. The Hall–Kier alpha value is -1.30. The predicted molar refractivity (Wildman–Crippen MR) is 61.1 cm³/mol. The minimum atomic E-state index is -4.54. The molecule has 1 aromatic carbocycles. The van der Waals surface area contributed by atoms with Crippen LogP contribution in [-0.2, 0) is 21.1 Å². The highest BCUT2D eigenvalue weighted by atomic mass is 32.2. The number of alkyl halides is 2. The summed E-state index contributed by atoms with van der Waals surface area (Å²) >= 11 is 0. The van der Waals surface area contributed by atoms with E-state index in [2.05, 4.69) is 0 Å². The fourth-order valence-corrected chi connectivity index (χ4v) is 2.37. The number of carbonyl (C=O) groups excluding carboxylic acids is 1. The van der Waals surface area contributed by atoms with Gasteiger partial charge in [0.2, 0.25) is 9.84 Å². The van der Waals surface area contributed by atoms with Gasteiger partial charge in [-0.1, -0.05) is 12.1 Å². The van der Waals surface area contributed by atoms with Crippen LogP contribution in [0.15, 0.2) is 29.2 Å². The second kappa shape index (κ2) is 4.76. The van der Waals surface area contributed by atoms with Crippen molar-refractivity contribution in [2.75, 3.05) is 0 Å². The number of hydrogen-bond donors (Lipinski definition) is 0. The summed E-state index contributed by atoms with van der Waals surface area (Å²) < 4.78 is 46.9. The van der Waals surface area contributed by atoms with Crippen molar-refractivity contribution in [2.45, 2.75) is 29.9 Å². The van der Waals surface area contributed by atoms with Crippen LogP contribution in [0.4, 0.5) is 8.78 Å². The highest BCUT2D eigenvalue weighted by Crippen LogP contribution is 2.31. The Morgan fingerprint density at radius 3 is 2.22 bits per heavy atom. The zero-order chi connectivity index (χ0) is 13.3. The molecule has 18 heavy (non-hydrogen) atoms. The summed E-state index contributed by atoms with van der Waals surface area (Å²) in [7, 11) is -4.54. The zero-order valence-corrected chi connectivity index (χ0v) is 10.3. The third-order valence-electron chi connectivity index (χ3n) is 2.90. The van der Waals surface area contributed by atoms with E-state index < -0.39 is 20.5 Å². The molecule has 0 heterocycles. The van der Waals surface area contributed by atoms with E-state index in [9.17, 15) is 22.0 Å². The fourth-order valence-electron chi connectivity index (χ4n) is 1.65. The molecule has 2 rings (SSSR count). The largest absolute Gasteiger partial charge is 0.341 e. The number of benzene rings is 1. The summed E-state index contributed by atoms with van der Waals surface area (Å²) in [6, 6.07) is 5.07. The molecule has 0 atom stereocenters. The predicted octanol–water partition coefficient (Wildman–Crippen LogP) is 2.20. The second-order valence-electron chi connectivity index (χ2n) is 4.37. The minimum absolute atomic E-state index is 0.125. The Labute approximate surface area is 104 Å². The van der Waals surface area contributed by atoms with Crippen LogP contribution in [0, 0.1) is 5.92 Å². The van der Waals surface area contributed by atoms with E-state index in [4.69, 9.17) is 0 Å². The maximum Gasteiger partial charge on any atom is 0.341 e. The number of hydrogen-bond acceptors (Lipinski definition) is 3. The van der Waals surface area contributed by atoms with E-state index in [1.165, 1.54) is 12.1 Å². The molecule has 0 unspecified atom stereocenters. The first kappa shape index (κ1) is 13.1. The standard InChI is InChI=1S/C12H12F2O3S/c13-12(14)18(16,17)10-5-1-8(2-6-10)7-11(15)9-3-4-9/h1-2,5-6,9,12H,3-4,7H2. The quantitative estimate of drug-likeness (QED) is 0.827. The molecule has 0 saturated heterocycles. The van der Waals surface area contributed by atoms with E-state index in [1.807, 2.05) is 0 Å². The van der Waals surface area contributed by atoms with Crippen molar-refractivity contribution in [3.8, 4) is 0 Å². The van der Waals surface area contributed by atoms with Crippen LogP contribution in [0.3, 0.4) is 0 Å². The molecule has 1 fully saturated rings. The van der Waals surface area contributed by atoms with Gasteiger partial charge in [-0.3, -0.25) is 4.79 Å². The van der Waals surface area contributed by atoms with Crippen molar-refractivity contribution in [3.05, 3.63) is 29.8 Å². The topological polar surface area (TPSA) is 51.2 Å². The van der Waals surface area contributed by atoms with Crippen LogP contribution in [0.5, 0.6) is 0 Å². The molecule has 98 valence electrons. The van der Waals surface area contributed by atoms with Crippen LogP contribution in [0.25, 0.3) is 0 Å². The van der Waals surface area contributed by atoms with E-state index in [0.29, 0.717) is 5.56 Å². The number of halogens is 2. The van der Waals surface area contributed by atoms with Gasteiger partial charge in [-0.2, -0.15) is 8.78 Å². The molecule has 1 saturated carbocycles. The number of Topliss-reactive ketones (excluding diaryl/α,β-unsaturated/α-hetero) is 1. The molecule has 1 aromatic rings. The summed E-state index contributed by atoms with van der Waals surface area (Å²) in [4.78, 5) is 11.1. The lowest BCUT2D eigenvalue weighted by molar-refractivity contribution is -0.119. The highest BCUT2D eigenvalue weighted by molar-refractivity contribution is 7.91. The molecule has 0 bridgehead atoms. The van der Waals surface area contributed by atoms with Crippen molar-refractivity contribution in [1.29, 1.82) is 0 Å². The minimum Gasteiger partial charge on any atom is -0.299 e. The fraction of sp³-hybridized carbons (Fsp3) is 0.417. The van der Waals surface area contributed by atoms with Gasteiger partial charge in [0.25, 0.3) is 0 Å². The van der Waals surface area contributed by atoms with Crippen LogP contribution in [-0.4, -0.2) is 20.0 Å². The Balaban J connectivity index is 2.12. The molecule has 0 N–H and O–H groups in total. The van der Waals surface area contributed by atoms with Gasteiger partial charge in [-0.15, -0.1) is 0 Å². The summed E-state index contributed by atoms with van der Waals surface area (Å²) in [5, 5.41) is 0. The Kier molecular flexibility index (Phi) is 3.47. The number of carbonyl (C=O) groups is 1. The first-order chi connectivity index (χ1) is 8.41. The number of sulfone groups is 1. The average molecular weight is 274 g/mol. The molecule has 0 aromatic heterocycles. The van der Waals surface area contributed by atoms with Gasteiger partial charge in [-0.05, 0) is 30.5 Å². The molecule has 0 radical (unpaired) electrons. The average Bonchev–Trinajstić information content (AvgIpc) is 3.13. The van der Waals surface area contributed by atoms with Gasteiger partial charge in [0.1, 0.15) is 5.78 Å². The SMILES string of the molecule is O=C(Cc1ccc(S(=O)(=O)C(F)F)cc1)C1CC1. The maximum atomic E-state index is 12.3. The van der Waals surface area contributed by atoms with E-state index in [0.717, 1.165) is 25.0 Å². The lowest BCUT2D eigenvalue weighted by Gasteiger charge is -2.04. The van der Waals surface area contributed by atoms with Gasteiger partial charge < -0.3 is 0 Å². The zero-order valence-electron chi connectivity index (χ0n) is 9.47.